The number of anilines is 1. The van der Waals surface area contributed by atoms with Gasteiger partial charge in [-0.15, -0.1) is 0 Å². The Morgan fingerprint density at radius 2 is 2.07 bits per heavy atom. The van der Waals surface area contributed by atoms with E-state index in [-0.39, 0.29) is 18.0 Å². The van der Waals surface area contributed by atoms with E-state index in [1.54, 1.807) is 20.9 Å². The Hall–Kier alpha value is -2.45. The number of aliphatic hydroxyl groups is 1. The number of benzene rings is 1. The van der Waals surface area contributed by atoms with Crippen LogP contribution in [0.25, 0.3) is 10.4 Å². The van der Waals surface area contributed by atoms with Gasteiger partial charge in [-0.3, -0.25) is 10.1 Å². The molecule has 30 heavy (non-hydrogen) atoms. The van der Waals surface area contributed by atoms with Gasteiger partial charge in [-0.25, -0.2) is 9.78 Å². The number of hydrogen-bond donors (Lipinski definition) is 3. The number of carbonyl (C=O) groups is 2. The first-order valence-electron chi connectivity index (χ1n) is 10.3. The summed E-state index contributed by atoms with van der Waals surface area (Å²) in [4.78, 5) is 32.2. The van der Waals surface area contributed by atoms with Crippen molar-refractivity contribution in [3.8, 4) is 10.4 Å². The van der Waals surface area contributed by atoms with Gasteiger partial charge in [0.05, 0.1) is 21.7 Å². The van der Waals surface area contributed by atoms with E-state index in [4.69, 9.17) is 0 Å². The zero-order valence-corrected chi connectivity index (χ0v) is 18.8. The van der Waals surface area contributed by atoms with Gasteiger partial charge in [0.15, 0.2) is 5.13 Å². The predicted octanol–water partition coefficient (Wildman–Crippen LogP) is 3.85. The number of hydrogen-bond acceptors (Lipinski definition) is 5. The lowest BCUT2D eigenvalue weighted by Gasteiger charge is -2.25. The molecular formula is C22H28N4O3S. The van der Waals surface area contributed by atoms with Crippen LogP contribution in [0.1, 0.15) is 60.8 Å². The van der Waals surface area contributed by atoms with Gasteiger partial charge in [0.2, 0.25) is 0 Å². The molecule has 160 valence electrons. The Morgan fingerprint density at radius 3 is 2.67 bits per heavy atom. The molecule has 7 nitrogen and oxygen atoms in total. The van der Waals surface area contributed by atoms with Crippen LogP contribution in [-0.2, 0) is 12.1 Å². The molecule has 0 radical (unpaired) electrons. The first kappa shape index (κ1) is 20.8. The third-order valence-electron chi connectivity index (χ3n) is 6.00. The summed E-state index contributed by atoms with van der Waals surface area (Å²) in [6.45, 7) is 8.00. The van der Waals surface area contributed by atoms with E-state index < -0.39 is 5.60 Å². The topological polar surface area (TPSA) is 94.6 Å². The van der Waals surface area contributed by atoms with E-state index in [0.29, 0.717) is 28.7 Å². The fourth-order valence-electron chi connectivity index (χ4n) is 4.13. The number of thiazole rings is 1. The molecule has 1 aliphatic carbocycles. The van der Waals surface area contributed by atoms with Crippen molar-refractivity contribution in [3.05, 3.63) is 34.5 Å². The van der Waals surface area contributed by atoms with Crippen LogP contribution < -0.4 is 10.6 Å². The van der Waals surface area contributed by atoms with Gasteiger partial charge >= 0.3 is 6.03 Å². The zero-order valence-electron chi connectivity index (χ0n) is 18.0. The molecule has 1 atom stereocenters. The van der Waals surface area contributed by atoms with E-state index >= 15 is 0 Å². The molecule has 1 fully saturated rings. The van der Waals surface area contributed by atoms with Crippen LogP contribution in [0.4, 0.5) is 9.93 Å². The highest BCUT2D eigenvalue weighted by atomic mass is 32.1. The number of aromatic nitrogens is 1. The summed E-state index contributed by atoms with van der Waals surface area (Å²) in [5.74, 6) is 0.589. The van der Waals surface area contributed by atoms with Gasteiger partial charge < -0.3 is 15.3 Å². The molecule has 1 aromatic heterocycles. The highest BCUT2D eigenvalue weighted by Crippen LogP contribution is 2.43. The molecule has 2 heterocycles. The van der Waals surface area contributed by atoms with E-state index in [1.165, 1.54) is 24.2 Å². The monoisotopic (exact) mass is 428 g/mol. The predicted molar refractivity (Wildman–Crippen MR) is 118 cm³/mol. The van der Waals surface area contributed by atoms with Crippen LogP contribution in [0.15, 0.2) is 12.1 Å². The maximum atomic E-state index is 13.3. The molecule has 2 aliphatic rings. The summed E-state index contributed by atoms with van der Waals surface area (Å²) < 4.78 is 0. The zero-order chi connectivity index (χ0) is 21.8. The summed E-state index contributed by atoms with van der Waals surface area (Å²) >= 11 is 1.38. The second-order valence-electron chi connectivity index (χ2n) is 8.77. The van der Waals surface area contributed by atoms with Gasteiger partial charge in [-0.2, -0.15) is 0 Å². The Kier molecular flexibility index (Phi) is 5.10. The maximum Gasteiger partial charge on any atom is 0.320 e. The van der Waals surface area contributed by atoms with Gasteiger partial charge in [-0.05, 0) is 75.3 Å². The summed E-state index contributed by atoms with van der Waals surface area (Å²) in [6, 6.07) is 3.81. The quantitative estimate of drug-likeness (QED) is 0.674. The molecule has 0 spiro atoms. The van der Waals surface area contributed by atoms with Gasteiger partial charge in [0.1, 0.15) is 0 Å². The second kappa shape index (κ2) is 7.35. The third kappa shape index (κ3) is 3.70. The molecule has 4 rings (SSSR count). The minimum atomic E-state index is -1.16. The maximum absolute atomic E-state index is 13.3. The van der Waals surface area contributed by atoms with Crippen LogP contribution in [0, 0.1) is 12.8 Å². The van der Waals surface area contributed by atoms with Crippen LogP contribution in [0.5, 0.6) is 0 Å². The smallest absolute Gasteiger partial charge is 0.320 e. The van der Waals surface area contributed by atoms with Crippen molar-refractivity contribution in [2.45, 2.75) is 58.7 Å². The summed E-state index contributed by atoms with van der Waals surface area (Å²) in [5.41, 5.74) is 2.75. The third-order valence-corrected chi connectivity index (χ3v) is 7.12. The first-order valence-corrected chi connectivity index (χ1v) is 11.1. The Balaban J connectivity index is 1.77. The number of fused-ring (bicyclic) bond motifs is 1. The van der Waals surface area contributed by atoms with E-state index in [1.807, 2.05) is 24.0 Å². The molecule has 0 bridgehead atoms. The summed E-state index contributed by atoms with van der Waals surface area (Å²) in [5, 5.41) is 16.6. The normalized spacial score (nSPS) is 17.1. The molecule has 1 aliphatic heterocycles. The second-order valence-corrected chi connectivity index (χ2v) is 9.76. The Morgan fingerprint density at radius 1 is 1.37 bits per heavy atom. The van der Waals surface area contributed by atoms with E-state index in [2.05, 4.69) is 22.5 Å². The molecule has 0 unspecified atom stereocenters. The summed E-state index contributed by atoms with van der Waals surface area (Å²) in [6.07, 6.45) is 2.35. The average molecular weight is 429 g/mol. The van der Waals surface area contributed by atoms with E-state index in [9.17, 15) is 14.7 Å². The van der Waals surface area contributed by atoms with Crippen LogP contribution in [0.3, 0.4) is 0 Å². The largest absolute Gasteiger partial charge is 0.386 e. The minimum Gasteiger partial charge on any atom is -0.386 e. The fraction of sp³-hybridized carbons (Fsp3) is 0.500. The molecule has 1 aromatic carbocycles. The lowest BCUT2D eigenvalue weighted by molar-refractivity contribution is 0.0648. The number of amides is 3. The Labute approximate surface area is 180 Å². The number of aryl methyl sites for hydroxylation is 1. The number of rotatable bonds is 5. The molecule has 1 saturated carbocycles. The van der Waals surface area contributed by atoms with Crippen LogP contribution in [-0.4, -0.2) is 40.0 Å². The minimum absolute atomic E-state index is 0.0103. The standard InChI is InChI=1S/C22H28N4O3S/c1-11-18(30-21(24-11)25-20(28)23-5)14-8-15-10-26(12(2)13-6-7-13)19(27)17(15)16(9-14)22(3,4)29/h8-9,12-13,29H,6-7,10H2,1-5H3,(H2,23,24,25,28)/t12-/m0/s1. The lowest BCUT2D eigenvalue weighted by atomic mass is 9.88. The van der Waals surface area contributed by atoms with Crippen molar-refractivity contribution in [2.75, 3.05) is 12.4 Å². The fourth-order valence-corrected chi connectivity index (χ4v) is 5.08. The number of carbonyl (C=O) groups excluding carboxylic acids is 2. The van der Waals surface area contributed by atoms with Gasteiger partial charge in [-0.1, -0.05) is 11.3 Å². The van der Waals surface area contributed by atoms with Crippen LogP contribution in [0.2, 0.25) is 0 Å². The van der Waals surface area contributed by atoms with Crippen molar-refractivity contribution in [2.24, 2.45) is 5.92 Å². The molecule has 2 aromatic rings. The average Bonchev–Trinajstić information content (AvgIpc) is 3.39. The Bertz CT molecular complexity index is 1020. The molecule has 3 amide bonds. The SMILES string of the molecule is CNC(=O)Nc1nc(C)c(-c2cc3c(c(C(C)(C)O)c2)C(=O)N([C@@H](C)C2CC2)C3)s1. The molecule has 3 N–H and O–H groups in total. The van der Waals surface area contributed by atoms with E-state index in [0.717, 1.165) is 21.7 Å². The number of nitrogens with zero attached hydrogens (tertiary/aromatic N) is 2. The number of urea groups is 1. The van der Waals surface area contributed by atoms with Crippen molar-refractivity contribution in [3.63, 3.8) is 0 Å². The van der Waals surface area contributed by atoms with Crippen LogP contribution >= 0.6 is 11.3 Å². The summed E-state index contributed by atoms with van der Waals surface area (Å²) in [7, 11) is 1.55. The highest BCUT2D eigenvalue weighted by Gasteiger charge is 2.41. The van der Waals surface area contributed by atoms with Gasteiger partial charge in [0, 0.05) is 19.6 Å². The van der Waals surface area contributed by atoms with Crippen molar-refractivity contribution in [1.29, 1.82) is 0 Å². The molecular weight excluding hydrogens is 400 g/mol. The molecule has 8 heteroatoms. The lowest BCUT2D eigenvalue weighted by Crippen LogP contribution is -2.35. The first-order chi connectivity index (χ1) is 14.1. The van der Waals surface area contributed by atoms with Crippen molar-refractivity contribution >= 4 is 28.4 Å². The van der Waals surface area contributed by atoms with Gasteiger partial charge in [0.25, 0.3) is 5.91 Å². The number of nitrogens with one attached hydrogen (secondary N) is 2. The van der Waals surface area contributed by atoms with Crippen molar-refractivity contribution in [1.82, 2.24) is 15.2 Å². The highest BCUT2D eigenvalue weighted by molar-refractivity contribution is 7.19. The molecule has 0 saturated heterocycles. The van der Waals surface area contributed by atoms with Crippen molar-refractivity contribution < 1.29 is 14.7 Å².